The zero-order valence-corrected chi connectivity index (χ0v) is 11.9. The van der Waals surface area contributed by atoms with Crippen LogP contribution >= 0.6 is 11.6 Å². The van der Waals surface area contributed by atoms with E-state index in [9.17, 15) is 0 Å². The summed E-state index contributed by atoms with van der Waals surface area (Å²) in [5.41, 5.74) is 4.00. The Labute approximate surface area is 116 Å². The summed E-state index contributed by atoms with van der Waals surface area (Å²) in [5, 5.41) is 4.24. The van der Waals surface area contributed by atoms with E-state index in [2.05, 4.69) is 20.7 Å². The summed E-state index contributed by atoms with van der Waals surface area (Å²) in [6.07, 6.45) is 1.99. The van der Waals surface area contributed by atoms with Gasteiger partial charge in [-0.15, -0.1) is 11.6 Å². The number of imidazole rings is 1. The molecule has 0 radical (unpaired) electrons. The number of para-hydroxylation sites is 2. The second-order valence-electron chi connectivity index (χ2n) is 4.68. The fraction of sp³-hybridized carbons (Fsp3) is 0.286. The van der Waals surface area contributed by atoms with Crippen LogP contribution in [-0.4, -0.2) is 19.3 Å². The van der Waals surface area contributed by atoms with E-state index in [1.54, 1.807) is 0 Å². The number of fused-ring (bicyclic) bond motifs is 1. The summed E-state index contributed by atoms with van der Waals surface area (Å²) in [5.74, 6) is 0.846. The lowest BCUT2D eigenvalue weighted by Gasteiger charge is -2.09. The van der Waals surface area contributed by atoms with Gasteiger partial charge in [-0.25, -0.2) is 4.98 Å². The number of aromatic nitrogens is 4. The number of rotatable bonds is 2. The Balaban J connectivity index is 2.37. The highest BCUT2D eigenvalue weighted by molar-refractivity contribution is 6.20. The van der Waals surface area contributed by atoms with Crippen LogP contribution in [0.2, 0.25) is 0 Å². The Bertz CT molecular complexity index is 739. The third-order valence-corrected chi connectivity index (χ3v) is 3.37. The maximum Gasteiger partial charge on any atom is 0.132 e. The lowest BCUT2D eigenvalue weighted by atomic mass is 10.3. The second kappa shape index (κ2) is 4.38. The van der Waals surface area contributed by atoms with Crippen molar-refractivity contribution in [3.05, 3.63) is 42.0 Å². The molecule has 1 atom stereocenters. The zero-order chi connectivity index (χ0) is 13.6. The van der Waals surface area contributed by atoms with Gasteiger partial charge in [-0.3, -0.25) is 9.25 Å². The molecule has 3 aromatic rings. The Hall–Kier alpha value is -1.81. The molecule has 0 spiro atoms. The average Bonchev–Trinajstić information content (AvgIpc) is 2.89. The number of benzene rings is 1. The standard InChI is InChI=1S/C14H15ClN4/c1-9(15)14-16-11-6-4-5-7-12(11)19(14)13-8-18(3)17-10(13)2/h4-9H,1-3H3. The predicted octanol–water partition coefficient (Wildman–Crippen LogP) is 3.37. The van der Waals surface area contributed by atoms with Crippen molar-refractivity contribution in [3.8, 4) is 5.69 Å². The summed E-state index contributed by atoms with van der Waals surface area (Å²) in [4.78, 5) is 4.63. The summed E-state index contributed by atoms with van der Waals surface area (Å²) < 4.78 is 3.90. The van der Waals surface area contributed by atoms with Gasteiger partial charge in [0.25, 0.3) is 0 Å². The first-order chi connectivity index (χ1) is 9.08. The van der Waals surface area contributed by atoms with Crippen LogP contribution < -0.4 is 0 Å². The molecule has 2 aromatic heterocycles. The molecule has 0 fully saturated rings. The van der Waals surface area contributed by atoms with Crippen LogP contribution in [0.25, 0.3) is 16.7 Å². The molecule has 4 nitrogen and oxygen atoms in total. The topological polar surface area (TPSA) is 35.6 Å². The molecule has 19 heavy (non-hydrogen) atoms. The van der Waals surface area contributed by atoms with Gasteiger partial charge in [0.05, 0.1) is 27.8 Å². The summed E-state index contributed by atoms with van der Waals surface area (Å²) in [6.45, 7) is 3.93. The van der Waals surface area contributed by atoms with Gasteiger partial charge in [0, 0.05) is 13.2 Å². The lowest BCUT2D eigenvalue weighted by molar-refractivity contribution is 0.756. The zero-order valence-electron chi connectivity index (χ0n) is 11.1. The van der Waals surface area contributed by atoms with Gasteiger partial charge in [0.2, 0.25) is 0 Å². The van der Waals surface area contributed by atoms with Gasteiger partial charge in [0.1, 0.15) is 5.82 Å². The van der Waals surface area contributed by atoms with E-state index in [-0.39, 0.29) is 5.38 Å². The van der Waals surface area contributed by atoms with Gasteiger partial charge < -0.3 is 0 Å². The molecule has 0 saturated carbocycles. The molecular formula is C14H15ClN4. The van der Waals surface area contributed by atoms with E-state index in [4.69, 9.17) is 11.6 Å². The Morgan fingerprint density at radius 2 is 2.00 bits per heavy atom. The lowest BCUT2D eigenvalue weighted by Crippen LogP contribution is -2.02. The maximum atomic E-state index is 6.28. The number of aryl methyl sites for hydroxylation is 2. The average molecular weight is 275 g/mol. The second-order valence-corrected chi connectivity index (χ2v) is 5.34. The van der Waals surface area contributed by atoms with E-state index in [0.717, 1.165) is 28.2 Å². The van der Waals surface area contributed by atoms with Crippen molar-refractivity contribution < 1.29 is 0 Å². The van der Waals surface area contributed by atoms with Crippen molar-refractivity contribution in [3.63, 3.8) is 0 Å². The normalized spacial score (nSPS) is 13.1. The summed E-state index contributed by atoms with van der Waals surface area (Å²) in [6, 6.07) is 8.05. The highest BCUT2D eigenvalue weighted by Gasteiger charge is 2.18. The third kappa shape index (κ3) is 1.92. The van der Waals surface area contributed by atoms with E-state index in [1.165, 1.54) is 0 Å². The van der Waals surface area contributed by atoms with Crippen LogP contribution in [0.4, 0.5) is 0 Å². The van der Waals surface area contributed by atoms with Gasteiger partial charge in [-0.2, -0.15) is 5.10 Å². The third-order valence-electron chi connectivity index (χ3n) is 3.17. The molecule has 3 rings (SSSR count). The van der Waals surface area contributed by atoms with Gasteiger partial charge in [0.15, 0.2) is 0 Å². The molecule has 1 unspecified atom stereocenters. The highest BCUT2D eigenvalue weighted by Crippen LogP contribution is 2.28. The molecule has 2 heterocycles. The van der Waals surface area contributed by atoms with Crippen LogP contribution in [-0.2, 0) is 7.05 Å². The van der Waals surface area contributed by atoms with Crippen molar-refractivity contribution in [1.82, 2.24) is 19.3 Å². The first kappa shape index (κ1) is 12.2. The smallest absolute Gasteiger partial charge is 0.132 e. The summed E-state index contributed by atoms with van der Waals surface area (Å²) >= 11 is 6.28. The van der Waals surface area contributed by atoms with Gasteiger partial charge >= 0.3 is 0 Å². The molecule has 5 heteroatoms. The molecule has 0 aliphatic rings. The van der Waals surface area contributed by atoms with E-state index in [0.29, 0.717) is 0 Å². The van der Waals surface area contributed by atoms with Crippen molar-refractivity contribution in [2.45, 2.75) is 19.2 Å². The predicted molar refractivity (Wildman–Crippen MR) is 76.8 cm³/mol. The largest absolute Gasteiger partial charge is 0.292 e. The number of hydrogen-bond acceptors (Lipinski definition) is 2. The number of nitrogens with zero attached hydrogens (tertiary/aromatic N) is 4. The molecular weight excluding hydrogens is 260 g/mol. The monoisotopic (exact) mass is 274 g/mol. The highest BCUT2D eigenvalue weighted by atomic mass is 35.5. The van der Waals surface area contributed by atoms with Crippen LogP contribution in [0.3, 0.4) is 0 Å². The Morgan fingerprint density at radius 1 is 1.26 bits per heavy atom. The van der Waals surface area contributed by atoms with Crippen LogP contribution in [0.15, 0.2) is 30.5 Å². The minimum Gasteiger partial charge on any atom is -0.292 e. The number of alkyl halides is 1. The first-order valence-corrected chi connectivity index (χ1v) is 6.63. The summed E-state index contributed by atoms with van der Waals surface area (Å²) in [7, 11) is 1.92. The number of hydrogen-bond donors (Lipinski definition) is 0. The van der Waals surface area contributed by atoms with E-state index < -0.39 is 0 Å². The molecule has 98 valence electrons. The van der Waals surface area contributed by atoms with Crippen LogP contribution in [0.5, 0.6) is 0 Å². The van der Waals surface area contributed by atoms with Crippen molar-refractivity contribution in [2.24, 2.45) is 7.05 Å². The Morgan fingerprint density at radius 3 is 2.63 bits per heavy atom. The fourth-order valence-corrected chi connectivity index (χ4v) is 2.52. The van der Waals surface area contributed by atoms with Crippen LogP contribution in [0, 0.1) is 6.92 Å². The molecule has 0 amide bonds. The van der Waals surface area contributed by atoms with Gasteiger partial charge in [-0.05, 0) is 26.0 Å². The maximum absolute atomic E-state index is 6.28. The first-order valence-electron chi connectivity index (χ1n) is 6.20. The molecule has 0 bridgehead atoms. The van der Waals surface area contributed by atoms with Gasteiger partial charge in [-0.1, -0.05) is 12.1 Å². The minimum atomic E-state index is -0.160. The van der Waals surface area contributed by atoms with Crippen LogP contribution in [0.1, 0.15) is 23.8 Å². The van der Waals surface area contributed by atoms with E-state index >= 15 is 0 Å². The molecule has 0 aliphatic carbocycles. The minimum absolute atomic E-state index is 0.160. The van der Waals surface area contributed by atoms with Crippen molar-refractivity contribution in [1.29, 1.82) is 0 Å². The van der Waals surface area contributed by atoms with Crippen molar-refractivity contribution >= 4 is 22.6 Å². The SMILES string of the molecule is Cc1nn(C)cc1-n1c(C(C)Cl)nc2ccccc21. The Kier molecular flexibility index (Phi) is 2.82. The molecule has 1 aromatic carbocycles. The fourth-order valence-electron chi connectivity index (χ4n) is 2.37. The van der Waals surface area contributed by atoms with E-state index in [1.807, 2.05) is 50.0 Å². The quantitative estimate of drug-likeness (QED) is 0.672. The number of halogens is 1. The molecule has 0 N–H and O–H groups in total. The van der Waals surface area contributed by atoms with Crippen molar-refractivity contribution in [2.75, 3.05) is 0 Å². The molecule has 0 saturated heterocycles. The molecule has 0 aliphatic heterocycles.